The van der Waals surface area contributed by atoms with Gasteiger partial charge in [0, 0.05) is 22.0 Å². The van der Waals surface area contributed by atoms with Crippen LogP contribution in [0.25, 0.3) is 16.7 Å². The molecule has 0 amide bonds. The van der Waals surface area contributed by atoms with Crippen molar-refractivity contribution >= 4 is 17.1 Å². The van der Waals surface area contributed by atoms with Crippen molar-refractivity contribution in [3.8, 4) is 16.9 Å². The Balaban J connectivity index is 1.81. The fraction of sp³-hybridized carbons (Fsp3) is 0.375. The van der Waals surface area contributed by atoms with Crippen LogP contribution >= 0.6 is 0 Å². The van der Waals surface area contributed by atoms with E-state index >= 15 is 0 Å². The first kappa shape index (κ1) is 25.2. The van der Waals surface area contributed by atoms with Crippen molar-refractivity contribution in [2.45, 2.75) is 59.5 Å². The third kappa shape index (κ3) is 2.89. The molecule has 3 N–H and O–H groups in total. The summed E-state index contributed by atoms with van der Waals surface area (Å²) in [6.45, 7) is 15.3. The summed E-state index contributed by atoms with van der Waals surface area (Å²) in [5, 5.41) is 35.2. The highest BCUT2D eigenvalue weighted by Crippen LogP contribution is 2.70. The molecule has 0 spiro atoms. The average Bonchev–Trinajstić information content (AvgIpc) is 2.84. The van der Waals surface area contributed by atoms with Gasteiger partial charge in [-0.2, -0.15) is 0 Å². The largest absolute Gasteiger partial charge is 0.508 e. The van der Waals surface area contributed by atoms with Gasteiger partial charge in [0.2, 0.25) is 5.78 Å². The Hall–Kier alpha value is -3.44. The number of hydrogen-bond acceptors (Lipinski definition) is 5. The first-order valence-electron chi connectivity index (χ1n) is 12.8. The molecule has 0 aromatic heterocycles. The summed E-state index contributed by atoms with van der Waals surface area (Å²) in [5.74, 6) is -2.11. The summed E-state index contributed by atoms with van der Waals surface area (Å²) in [6, 6.07) is 13.6. The van der Waals surface area contributed by atoms with E-state index in [9.17, 15) is 24.9 Å². The molecule has 37 heavy (non-hydrogen) atoms. The molecule has 0 aliphatic heterocycles. The van der Waals surface area contributed by atoms with Gasteiger partial charge in [0.05, 0.1) is 5.57 Å². The molecule has 5 heteroatoms. The van der Waals surface area contributed by atoms with Crippen LogP contribution in [0.5, 0.6) is 5.75 Å². The van der Waals surface area contributed by atoms with Crippen LogP contribution in [0.15, 0.2) is 71.5 Å². The molecule has 0 fully saturated rings. The van der Waals surface area contributed by atoms with Gasteiger partial charge in [0.1, 0.15) is 11.5 Å². The first-order valence-corrected chi connectivity index (χ1v) is 12.8. The molecule has 5 atom stereocenters. The Morgan fingerprint density at radius 1 is 1.05 bits per heavy atom. The number of aliphatic hydroxyl groups excluding tert-OH is 1. The van der Waals surface area contributed by atoms with E-state index in [1.54, 1.807) is 13.0 Å². The Morgan fingerprint density at radius 2 is 1.68 bits per heavy atom. The van der Waals surface area contributed by atoms with Crippen LogP contribution in [-0.4, -0.2) is 32.5 Å². The average molecular weight is 499 g/mol. The summed E-state index contributed by atoms with van der Waals surface area (Å²) in [6.07, 6.45) is 0.291. The van der Waals surface area contributed by atoms with Crippen LogP contribution in [0.1, 0.15) is 65.0 Å². The van der Waals surface area contributed by atoms with Crippen LogP contribution in [0.4, 0.5) is 0 Å². The lowest BCUT2D eigenvalue weighted by atomic mass is 9.41. The topological polar surface area (TPSA) is 94.8 Å². The highest BCUT2D eigenvalue weighted by Gasteiger charge is 2.70. The summed E-state index contributed by atoms with van der Waals surface area (Å²) >= 11 is 0. The molecule has 3 aliphatic rings. The number of hydrogen-bond donors (Lipinski definition) is 3. The lowest BCUT2D eigenvalue weighted by Gasteiger charge is -2.62. The Labute approximate surface area is 217 Å². The Morgan fingerprint density at radius 3 is 2.27 bits per heavy atom. The van der Waals surface area contributed by atoms with Crippen molar-refractivity contribution in [1.29, 1.82) is 0 Å². The second-order valence-corrected chi connectivity index (χ2v) is 11.6. The van der Waals surface area contributed by atoms with Gasteiger partial charge < -0.3 is 15.3 Å². The maximum absolute atomic E-state index is 13.8. The number of aromatic hydroxyl groups is 1. The Kier molecular flexibility index (Phi) is 5.30. The summed E-state index contributed by atoms with van der Waals surface area (Å²) < 4.78 is 0. The van der Waals surface area contributed by atoms with Crippen LogP contribution in [0.2, 0.25) is 0 Å². The van der Waals surface area contributed by atoms with Crippen molar-refractivity contribution < 1.29 is 24.9 Å². The van der Waals surface area contributed by atoms with Crippen LogP contribution in [0.3, 0.4) is 0 Å². The van der Waals surface area contributed by atoms with Crippen LogP contribution in [0, 0.1) is 16.7 Å². The van der Waals surface area contributed by atoms with E-state index in [2.05, 4.69) is 19.6 Å². The fourth-order valence-corrected chi connectivity index (χ4v) is 7.64. The van der Waals surface area contributed by atoms with Gasteiger partial charge in [-0.15, -0.1) is 0 Å². The number of fused-ring (bicyclic) bond motifs is 3. The van der Waals surface area contributed by atoms with Crippen LogP contribution < -0.4 is 0 Å². The van der Waals surface area contributed by atoms with Gasteiger partial charge in [-0.3, -0.25) is 9.59 Å². The number of ketones is 2. The van der Waals surface area contributed by atoms with E-state index in [1.165, 1.54) is 6.92 Å². The molecule has 2 aromatic carbocycles. The molecular weight excluding hydrogens is 464 g/mol. The molecule has 5 nitrogen and oxygen atoms in total. The maximum atomic E-state index is 13.8. The standard InChI is InChI=1S/C32H34O5/c1-16-15-30(6)20(5)31(7)18(3)23-13-22(21-11-9-8-10-12-21)14-24(34)26(23)17(2)27(31)29(36)32(30,37)28(35)25(16)19(4)33/h8-14,18,20,34,36-37H,2,15H2,1,3-7H3/t18-,20+,30+,31-,32+/m1/s1. The molecule has 0 bridgehead atoms. The van der Waals surface area contributed by atoms with Crippen molar-refractivity contribution in [3.63, 3.8) is 0 Å². The molecule has 0 heterocycles. The zero-order chi connectivity index (χ0) is 27.2. The van der Waals surface area contributed by atoms with E-state index in [4.69, 9.17) is 0 Å². The van der Waals surface area contributed by atoms with Crippen molar-refractivity contribution in [3.05, 3.63) is 82.6 Å². The SMILES string of the molecule is C=C1C2=C(O)[C@@]3(O)C(=O)C(C(C)=O)=C(C)C[C@@]3(C)[C@H](C)[C@@]2(C)[C@H](C)c2cc(-c3ccccc3)cc(O)c21. The fourth-order valence-electron chi connectivity index (χ4n) is 7.64. The summed E-state index contributed by atoms with van der Waals surface area (Å²) in [4.78, 5) is 26.2. The van der Waals surface area contributed by atoms with Gasteiger partial charge in [0.15, 0.2) is 11.4 Å². The van der Waals surface area contributed by atoms with Gasteiger partial charge in [-0.05, 0) is 66.5 Å². The number of aliphatic hydroxyl groups is 2. The summed E-state index contributed by atoms with van der Waals surface area (Å²) in [5.41, 5.74) is 0.537. The van der Waals surface area contributed by atoms with E-state index in [0.29, 0.717) is 28.7 Å². The minimum Gasteiger partial charge on any atom is -0.508 e. The second kappa shape index (κ2) is 7.78. The molecule has 0 saturated carbocycles. The number of benzene rings is 2. The van der Waals surface area contributed by atoms with E-state index in [1.807, 2.05) is 51.1 Å². The number of carbonyl (C=O) groups is 2. The monoisotopic (exact) mass is 498 g/mol. The molecule has 0 unspecified atom stereocenters. The number of rotatable bonds is 2. The van der Waals surface area contributed by atoms with Gasteiger partial charge in [-0.1, -0.05) is 70.2 Å². The van der Waals surface area contributed by atoms with Crippen molar-refractivity contribution in [2.24, 2.45) is 16.7 Å². The normalized spacial score (nSPS) is 33.2. The zero-order valence-corrected chi connectivity index (χ0v) is 22.3. The van der Waals surface area contributed by atoms with E-state index < -0.39 is 33.8 Å². The molecular formula is C32H34O5. The second-order valence-electron chi connectivity index (χ2n) is 11.6. The molecule has 5 rings (SSSR count). The Bertz CT molecular complexity index is 1460. The molecule has 0 radical (unpaired) electrons. The number of phenols is 1. The maximum Gasteiger partial charge on any atom is 0.206 e. The lowest BCUT2D eigenvalue weighted by Crippen LogP contribution is -2.67. The third-order valence-electron chi connectivity index (χ3n) is 9.99. The first-order chi connectivity index (χ1) is 17.2. The predicted octanol–water partition coefficient (Wildman–Crippen LogP) is 6.27. The number of allylic oxidation sites excluding steroid dienone is 3. The van der Waals surface area contributed by atoms with Gasteiger partial charge in [0.25, 0.3) is 0 Å². The van der Waals surface area contributed by atoms with Crippen molar-refractivity contribution in [2.75, 3.05) is 0 Å². The third-order valence-corrected chi connectivity index (χ3v) is 9.99. The van der Waals surface area contributed by atoms with E-state index in [0.717, 1.165) is 16.7 Å². The number of carbonyl (C=O) groups excluding carboxylic acids is 2. The molecule has 3 aliphatic carbocycles. The van der Waals surface area contributed by atoms with Gasteiger partial charge >= 0.3 is 0 Å². The highest BCUT2D eigenvalue weighted by molar-refractivity contribution is 6.24. The number of Topliss-reactive ketones (excluding diaryl/α,β-unsaturated/α-hetero) is 2. The van der Waals surface area contributed by atoms with Gasteiger partial charge in [-0.25, -0.2) is 0 Å². The quantitative estimate of drug-likeness (QED) is 0.424. The lowest BCUT2D eigenvalue weighted by molar-refractivity contribution is -0.169. The zero-order valence-electron chi connectivity index (χ0n) is 22.3. The summed E-state index contributed by atoms with van der Waals surface area (Å²) in [7, 11) is 0. The van der Waals surface area contributed by atoms with E-state index in [-0.39, 0.29) is 23.2 Å². The molecule has 0 saturated heterocycles. The minimum absolute atomic E-state index is 0.0265. The minimum atomic E-state index is -2.28. The molecule has 2 aromatic rings. The highest BCUT2D eigenvalue weighted by atomic mass is 16.3. The molecule has 192 valence electrons. The van der Waals surface area contributed by atoms with Crippen LogP contribution in [-0.2, 0) is 9.59 Å². The predicted molar refractivity (Wildman–Crippen MR) is 144 cm³/mol. The number of phenolic OH excluding ortho intramolecular Hbond substituents is 1. The smallest absolute Gasteiger partial charge is 0.206 e. The van der Waals surface area contributed by atoms with Crippen molar-refractivity contribution in [1.82, 2.24) is 0 Å².